The zero-order chi connectivity index (χ0) is 19.2. The highest BCUT2D eigenvalue weighted by molar-refractivity contribution is 5.95. The predicted molar refractivity (Wildman–Crippen MR) is 97.0 cm³/mol. The van der Waals surface area contributed by atoms with Crippen LogP contribution in [0.1, 0.15) is 29.7 Å². The van der Waals surface area contributed by atoms with Crippen molar-refractivity contribution in [1.82, 2.24) is 29.9 Å². The maximum atomic E-state index is 12.3. The maximum Gasteiger partial charge on any atom is 0.336 e. The fourth-order valence-electron chi connectivity index (χ4n) is 2.64. The van der Waals surface area contributed by atoms with Gasteiger partial charge in [0.15, 0.2) is 0 Å². The Labute approximate surface area is 155 Å². The lowest BCUT2D eigenvalue weighted by atomic mass is 10.1. The molecule has 9 nitrogen and oxygen atoms in total. The van der Waals surface area contributed by atoms with Gasteiger partial charge in [-0.15, -0.1) is 5.10 Å². The van der Waals surface area contributed by atoms with Gasteiger partial charge in [-0.25, -0.2) is 14.5 Å². The van der Waals surface area contributed by atoms with E-state index in [2.05, 4.69) is 20.6 Å². The van der Waals surface area contributed by atoms with Gasteiger partial charge in [-0.3, -0.25) is 4.79 Å². The van der Waals surface area contributed by atoms with E-state index in [1.807, 2.05) is 10.8 Å². The number of aromatic carboxylic acids is 1. The van der Waals surface area contributed by atoms with Crippen LogP contribution >= 0.6 is 0 Å². The fourth-order valence-corrected chi connectivity index (χ4v) is 2.64. The lowest BCUT2D eigenvalue weighted by molar-refractivity contribution is -0.124. The molecule has 0 fully saturated rings. The molecule has 1 aromatic carbocycles. The first kappa shape index (κ1) is 18.3. The number of carboxylic acids is 1. The second kappa shape index (κ2) is 8.26. The van der Waals surface area contributed by atoms with Crippen molar-refractivity contribution in [3.63, 3.8) is 0 Å². The molecule has 140 valence electrons. The number of imidazole rings is 1. The van der Waals surface area contributed by atoms with Crippen molar-refractivity contribution in [3.8, 4) is 11.3 Å². The maximum absolute atomic E-state index is 12.3. The molecular weight excluding hydrogens is 348 g/mol. The Morgan fingerprint density at radius 3 is 2.85 bits per heavy atom. The van der Waals surface area contributed by atoms with Gasteiger partial charge in [-0.05, 0) is 19.4 Å². The van der Waals surface area contributed by atoms with Crippen LogP contribution in [-0.4, -0.2) is 48.1 Å². The molecule has 3 rings (SSSR count). The summed E-state index contributed by atoms with van der Waals surface area (Å²) in [6.07, 6.45) is 7.68. The Kier molecular flexibility index (Phi) is 5.60. The van der Waals surface area contributed by atoms with Crippen LogP contribution in [0.2, 0.25) is 0 Å². The van der Waals surface area contributed by atoms with Gasteiger partial charge in [0.2, 0.25) is 5.91 Å². The molecule has 2 N–H and O–H groups in total. The van der Waals surface area contributed by atoms with Crippen molar-refractivity contribution in [2.24, 2.45) is 0 Å². The number of aromatic nitrogens is 5. The van der Waals surface area contributed by atoms with Gasteiger partial charge >= 0.3 is 5.97 Å². The molecule has 0 aliphatic heterocycles. The van der Waals surface area contributed by atoms with Gasteiger partial charge in [-0.1, -0.05) is 23.4 Å². The van der Waals surface area contributed by atoms with E-state index < -0.39 is 12.0 Å². The molecule has 2 heterocycles. The fraction of sp³-hybridized carbons (Fsp3) is 0.278. The molecule has 0 spiro atoms. The Morgan fingerprint density at radius 1 is 1.30 bits per heavy atom. The number of amides is 1. The average molecular weight is 368 g/mol. The quantitative estimate of drug-likeness (QED) is 0.584. The molecule has 0 radical (unpaired) electrons. The van der Waals surface area contributed by atoms with Gasteiger partial charge in [0.05, 0.1) is 18.1 Å². The van der Waals surface area contributed by atoms with E-state index >= 15 is 0 Å². The smallest absolute Gasteiger partial charge is 0.336 e. The number of nitrogens with zero attached hydrogens (tertiary/aromatic N) is 5. The molecule has 0 aliphatic carbocycles. The lowest BCUT2D eigenvalue weighted by Gasteiger charge is -2.12. The van der Waals surface area contributed by atoms with E-state index in [1.165, 1.54) is 10.7 Å². The topological polar surface area (TPSA) is 115 Å². The summed E-state index contributed by atoms with van der Waals surface area (Å²) in [6, 6.07) is 6.00. The van der Waals surface area contributed by atoms with E-state index in [4.69, 9.17) is 0 Å². The van der Waals surface area contributed by atoms with Crippen LogP contribution in [0.25, 0.3) is 11.3 Å². The summed E-state index contributed by atoms with van der Waals surface area (Å²) in [4.78, 5) is 27.6. The van der Waals surface area contributed by atoms with E-state index in [0.29, 0.717) is 17.8 Å². The van der Waals surface area contributed by atoms with Crippen LogP contribution < -0.4 is 5.32 Å². The van der Waals surface area contributed by atoms with Crippen molar-refractivity contribution in [3.05, 3.63) is 54.7 Å². The van der Waals surface area contributed by atoms with Crippen LogP contribution in [-0.2, 0) is 11.3 Å². The Hall–Kier alpha value is -3.49. The monoisotopic (exact) mass is 368 g/mol. The van der Waals surface area contributed by atoms with Crippen molar-refractivity contribution < 1.29 is 14.7 Å². The van der Waals surface area contributed by atoms with Crippen LogP contribution in [0.3, 0.4) is 0 Å². The molecule has 9 heteroatoms. The highest BCUT2D eigenvalue weighted by Gasteiger charge is 2.19. The molecule has 0 saturated carbocycles. The Bertz CT molecular complexity index is 919. The number of carboxylic acid groups (broad SMARTS) is 1. The number of hydrogen-bond donors (Lipinski definition) is 2. The van der Waals surface area contributed by atoms with Crippen molar-refractivity contribution in [2.75, 3.05) is 6.54 Å². The third kappa shape index (κ3) is 4.38. The second-order valence-corrected chi connectivity index (χ2v) is 6.06. The third-order valence-corrected chi connectivity index (χ3v) is 4.17. The number of benzene rings is 1. The first-order valence-electron chi connectivity index (χ1n) is 8.54. The lowest BCUT2D eigenvalue weighted by Crippen LogP contribution is -2.32. The van der Waals surface area contributed by atoms with Crippen molar-refractivity contribution in [2.45, 2.75) is 25.9 Å². The average Bonchev–Trinajstić information content (AvgIpc) is 3.36. The standard InChI is InChI=1S/C18H20N6O3/c1-13(17(25)20-7-4-9-23-10-8-19-12-23)24-11-16(21-22-24)14-5-2-3-6-15(14)18(26)27/h2-3,5-6,8,10-13H,4,7,9H2,1H3,(H,20,25)(H,26,27). The zero-order valence-corrected chi connectivity index (χ0v) is 14.8. The first-order chi connectivity index (χ1) is 13.1. The van der Waals surface area contributed by atoms with E-state index in [1.54, 1.807) is 43.8 Å². The molecule has 3 aromatic rings. The molecule has 2 aromatic heterocycles. The minimum Gasteiger partial charge on any atom is -0.478 e. The summed E-state index contributed by atoms with van der Waals surface area (Å²) < 4.78 is 3.37. The van der Waals surface area contributed by atoms with E-state index in [0.717, 1.165) is 13.0 Å². The molecule has 0 bridgehead atoms. The summed E-state index contributed by atoms with van der Waals surface area (Å²) in [5.74, 6) is -1.22. The minimum absolute atomic E-state index is 0.140. The van der Waals surface area contributed by atoms with Crippen LogP contribution in [0, 0.1) is 0 Å². The number of carbonyl (C=O) groups excluding carboxylic acids is 1. The Balaban J connectivity index is 1.60. The molecule has 1 amide bonds. The number of rotatable bonds is 8. The molecule has 0 saturated heterocycles. The number of nitrogens with one attached hydrogen (secondary N) is 1. The summed E-state index contributed by atoms with van der Waals surface area (Å²) in [6.45, 7) is 3.02. The van der Waals surface area contributed by atoms with Crippen LogP contribution in [0.5, 0.6) is 0 Å². The molecule has 0 aliphatic rings. The second-order valence-electron chi connectivity index (χ2n) is 6.06. The van der Waals surface area contributed by atoms with Gasteiger partial charge < -0.3 is 15.0 Å². The molecular formula is C18H20N6O3. The van der Waals surface area contributed by atoms with Crippen LogP contribution in [0.15, 0.2) is 49.2 Å². The largest absolute Gasteiger partial charge is 0.478 e. The summed E-state index contributed by atoms with van der Waals surface area (Å²) in [5, 5.41) is 20.2. The third-order valence-electron chi connectivity index (χ3n) is 4.17. The van der Waals surface area contributed by atoms with Gasteiger partial charge in [0, 0.05) is 31.0 Å². The summed E-state index contributed by atoms with van der Waals surface area (Å²) in [5.41, 5.74) is 1.01. The Morgan fingerprint density at radius 2 is 2.11 bits per heavy atom. The van der Waals surface area contributed by atoms with Gasteiger partial charge in [0.1, 0.15) is 11.7 Å². The SMILES string of the molecule is CC(C(=O)NCCCn1ccnc1)n1cc(-c2ccccc2C(=O)O)nn1. The predicted octanol–water partition coefficient (Wildman–Crippen LogP) is 1.61. The molecule has 1 atom stereocenters. The van der Waals surface area contributed by atoms with Crippen LogP contribution in [0.4, 0.5) is 0 Å². The summed E-state index contributed by atoms with van der Waals surface area (Å²) in [7, 11) is 0. The molecule has 27 heavy (non-hydrogen) atoms. The van der Waals surface area contributed by atoms with Gasteiger partial charge in [-0.2, -0.15) is 0 Å². The van der Waals surface area contributed by atoms with Crippen molar-refractivity contribution in [1.29, 1.82) is 0 Å². The minimum atomic E-state index is -1.04. The number of carbonyl (C=O) groups is 2. The highest BCUT2D eigenvalue weighted by atomic mass is 16.4. The summed E-state index contributed by atoms with van der Waals surface area (Å²) >= 11 is 0. The van der Waals surface area contributed by atoms with Crippen molar-refractivity contribution >= 4 is 11.9 Å². The normalized spacial score (nSPS) is 11.9. The first-order valence-corrected chi connectivity index (χ1v) is 8.54. The molecule has 1 unspecified atom stereocenters. The number of aryl methyl sites for hydroxylation is 1. The highest BCUT2D eigenvalue weighted by Crippen LogP contribution is 2.22. The van der Waals surface area contributed by atoms with Gasteiger partial charge in [0.25, 0.3) is 0 Å². The zero-order valence-electron chi connectivity index (χ0n) is 14.8. The number of hydrogen-bond acceptors (Lipinski definition) is 5. The van der Waals surface area contributed by atoms with E-state index in [-0.39, 0.29) is 11.5 Å². The van der Waals surface area contributed by atoms with E-state index in [9.17, 15) is 14.7 Å².